The standard InChI is InChI=1S/C24H28ClFN2O4/c1-5-31-22(29)16-6-8-17(9-7-16)28(18-10-11-21(26)20(25)14-18)19-12-13-27(15-19)23(30)32-24(2,3)4/h6-11,14,19H,5,12-13,15H2,1-4H3. The number of hydrogen-bond acceptors (Lipinski definition) is 5. The quantitative estimate of drug-likeness (QED) is 0.525. The number of benzene rings is 2. The van der Waals surface area contributed by atoms with Crippen LogP contribution in [-0.2, 0) is 9.47 Å². The smallest absolute Gasteiger partial charge is 0.410 e. The molecule has 1 unspecified atom stereocenters. The maximum atomic E-state index is 13.8. The summed E-state index contributed by atoms with van der Waals surface area (Å²) in [5.74, 6) is -0.901. The number of amides is 1. The minimum Gasteiger partial charge on any atom is -0.462 e. The van der Waals surface area contributed by atoms with E-state index in [2.05, 4.69) is 0 Å². The molecule has 1 fully saturated rings. The number of anilines is 2. The number of esters is 1. The lowest BCUT2D eigenvalue weighted by Crippen LogP contribution is -2.39. The molecule has 3 rings (SSSR count). The average Bonchev–Trinajstić information content (AvgIpc) is 3.20. The van der Waals surface area contributed by atoms with Crippen LogP contribution < -0.4 is 4.90 Å². The van der Waals surface area contributed by atoms with Gasteiger partial charge in [0.2, 0.25) is 0 Å². The van der Waals surface area contributed by atoms with Crippen LogP contribution in [0.2, 0.25) is 5.02 Å². The maximum absolute atomic E-state index is 13.8. The maximum Gasteiger partial charge on any atom is 0.410 e. The Hall–Kier alpha value is -2.80. The minimum absolute atomic E-state index is 0.0117. The highest BCUT2D eigenvalue weighted by molar-refractivity contribution is 6.31. The summed E-state index contributed by atoms with van der Waals surface area (Å²) in [7, 11) is 0. The summed E-state index contributed by atoms with van der Waals surface area (Å²) in [6.45, 7) is 8.50. The normalized spacial score (nSPS) is 16.1. The molecule has 1 heterocycles. The molecule has 1 aliphatic rings. The van der Waals surface area contributed by atoms with Crippen molar-refractivity contribution in [1.29, 1.82) is 0 Å². The average molecular weight is 463 g/mol. The van der Waals surface area contributed by atoms with E-state index in [1.165, 1.54) is 6.07 Å². The van der Waals surface area contributed by atoms with Gasteiger partial charge in [-0.05, 0) is 76.6 Å². The lowest BCUT2D eigenvalue weighted by Gasteiger charge is -2.32. The Balaban J connectivity index is 1.89. The SMILES string of the molecule is CCOC(=O)c1ccc(N(c2ccc(F)c(Cl)c2)C2CCN(C(=O)OC(C)(C)C)C2)cc1. The van der Waals surface area contributed by atoms with E-state index in [1.54, 1.807) is 48.2 Å². The molecular formula is C24H28ClFN2O4. The molecule has 0 saturated carbocycles. The van der Waals surface area contributed by atoms with E-state index in [0.717, 1.165) is 5.69 Å². The number of nitrogens with zero attached hydrogens (tertiary/aromatic N) is 2. The summed E-state index contributed by atoms with van der Waals surface area (Å²) in [6, 6.07) is 11.4. The molecule has 1 amide bonds. The number of carbonyl (C=O) groups excluding carboxylic acids is 2. The van der Waals surface area contributed by atoms with Gasteiger partial charge in [-0.25, -0.2) is 14.0 Å². The summed E-state index contributed by atoms with van der Waals surface area (Å²) in [6.07, 6.45) is 0.322. The van der Waals surface area contributed by atoms with Gasteiger partial charge in [0, 0.05) is 24.5 Å². The first-order chi connectivity index (χ1) is 15.1. The summed E-state index contributed by atoms with van der Waals surface area (Å²) < 4.78 is 24.4. The zero-order valence-electron chi connectivity index (χ0n) is 18.7. The predicted molar refractivity (Wildman–Crippen MR) is 122 cm³/mol. The molecule has 1 aliphatic heterocycles. The van der Waals surface area contributed by atoms with Gasteiger partial charge in [0.25, 0.3) is 0 Å². The van der Waals surface area contributed by atoms with Gasteiger partial charge in [0.15, 0.2) is 0 Å². The fraction of sp³-hybridized carbons (Fsp3) is 0.417. The zero-order chi connectivity index (χ0) is 23.5. The van der Waals surface area contributed by atoms with Gasteiger partial charge in [0.05, 0.1) is 23.2 Å². The first-order valence-corrected chi connectivity index (χ1v) is 11.0. The number of carbonyl (C=O) groups is 2. The number of hydrogen-bond donors (Lipinski definition) is 0. The summed E-state index contributed by atoms with van der Waals surface area (Å²) in [5.41, 5.74) is 1.34. The van der Waals surface area contributed by atoms with Crippen molar-refractivity contribution in [3.8, 4) is 0 Å². The Morgan fingerprint density at radius 3 is 2.41 bits per heavy atom. The number of rotatable bonds is 5. The molecule has 1 atom stereocenters. The molecule has 32 heavy (non-hydrogen) atoms. The molecule has 0 spiro atoms. The van der Waals surface area contributed by atoms with Crippen LogP contribution in [0.4, 0.5) is 20.6 Å². The fourth-order valence-electron chi connectivity index (χ4n) is 3.62. The highest BCUT2D eigenvalue weighted by Crippen LogP contribution is 2.34. The molecule has 172 valence electrons. The van der Waals surface area contributed by atoms with Crippen molar-refractivity contribution < 1.29 is 23.5 Å². The Bertz CT molecular complexity index is 975. The largest absolute Gasteiger partial charge is 0.462 e. The number of ether oxygens (including phenoxy) is 2. The van der Waals surface area contributed by atoms with E-state index in [4.69, 9.17) is 21.1 Å². The second-order valence-corrected chi connectivity index (χ2v) is 9.01. The first-order valence-electron chi connectivity index (χ1n) is 10.6. The first kappa shape index (κ1) is 23.9. The van der Waals surface area contributed by atoms with E-state index in [9.17, 15) is 14.0 Å². The molecule has 8 heteroatoms. The van der Waals surface area contributed by atoms with E-state index >= 15 is 0 Å². The highest BCUT2D eigenvalue weighted by Gasteiger charge is 2.34. The molecule has 0 aliphatic carbocycles. The van der Waals surface area contributed by atoms with Crippen LogP contribution in [0.1, 0.15) is 44.5 Å². The molecule has 0 radical (unpaired) electrons. The summed E-state index contributed by atoms with van der Waals surface area (Å²) >= 11 is 6.06. The Morgan fingerprint density at radius 2 is 1.81 bits per heavy atom. The molecule has 2 aromatic carbocycles. The predicted octanol–water partition coefficient (Wildman–Crippen LogP) is 5.80. The van der Waals surface area contributed by atoms with E-state index in [0.29, 0.717) is 37.4 Å². The lowest BCUT2D eigenvalue weighted by molar-refractivity contribution is 0.0292. The minimum atomic E-state index is -0.581. The van der Waals surface area contributed by atoms with Crippen LogP contribution in [0.15, 0.2) is 42.5 Å². The third-order valence-electron chi connectivity index (χ3n) is 5.02. The molecule has 2 aromatic rings. The van der Waals surface area contributed by atoms with Crippen LogP contribution >= 0.6 is 11.6 Å². The van der Waals surface area contributed by atoms with Crippen LogP contribution in [0, 0.1) is 5.82 Å². The molecule has 6 nitrogen and oxygen atoms in total. The van der Waals surface area contributed by atoms with Crippen molar-refractivity contribution in [3.05, 3.63) is 58.9 Å². The van der Waals surface area contributed by atoms with Gasteiger partial charge < -0.3 is 19.3 Å². The Kier molecular flexibility index (Phi) is 7.29. The number of likely N-dealkylation sites (tertiary alicyclic amines) is 1. The van der Waals surface area contributed by atoms with E-state index < -0.39 is 17.4 Å². The fourth-order valence-corrected chi connectivity index (χ4v) is 3.80. The topological polar surface area (TPSA) is 59.1 Å². The van der Waals surface area contributed by atoms with E-state index in [-0.39, 0.29) is 17.2 Å². The van der Waals surface area contributed by atoms with Crippen molar-refractivity contribution in [2.45, 2.75) is 45.8 Å². The highest BCUT2D eigenvalue weighted by atomic mass is 35.5. The van der Waals surface area contributed by atoms with Crippen LogP contribution in [-0.4, -0.2) is 48.3 Å². The third kappa shape index (κ3) is 5.71. The lowest BCUT2D eigenvalue weighted by atomic mass is 10.1. The molecule has 0 aromatic heterocycles. The van der Waals surface area contributed by atoms with Crippen LogP contribution in [0.3, 0.4) is 0 Å². The van der Waals surface area contributed by atoms with Gasteiger partial charge in [-0.1, -0.05) is 11.6 Å². The number of halogens is 2. The molecule has 0 N–H and O–H groups in total. The van der Waals surface area contributed by atoms with E-state index in [1.807, 2.05) is 25.7 Å². The Labute approximate surface area is 192 Å². The van der Waals surface area contributed by atoms with Crippen LogP contribution in [0.5, 0.6) is 0 Å². The van der Waals surface area contributed by atoms with Crippen LogP contribution in [0.25, 0.3) is 0 Å². The summed E-state index contributed by atoms with van der Waals surface area (Å²) in [4.78, 5) is 28.2. The summed E-state index contributed by atoms with van der Waals surface area (Å²) in [5, 5.41) is 0.0117. The zero-order valence-corrected chi connectivity index (χ0v) is 19.5. The van der Waals surface area contributed by atoms with Crippen molar-refractivity contribution >= 4 is 35.0 Å². The van der Waals surface area contributed by atoms with Gasteiger partial charge in [-0.3, -0.25) is 0 Å². The monoisotopic (exact) mass is 462 g/mol. The second-order valence-electron chi connectivity index (χ2n) is 8.60. The van der Waals surface area contributed by atoms with Crippen molar-refractivity contribution in [2.75, 3.05) is 24.6 Å². The molecular weight excluding hydrogens is 435 g/mol. The van der Waals surface area contributed by atoms with Gasteiger partial charge >= 0.3 is 12.1 Å². The van der Waals surface area contributed by atoms with Gasteiger partial charge in [-0.2, -0.15) is 0 Å². The third-order valence-corrected chi connectivity index (χ3v) is 5.31. The van der Waals surface area contributed by atoms with Crippen molar-refractivity contribution in [3.63, 3.8) is 0 Å². The Morgan fingerprint density at radius 1 is 1.16 bits per heavy atom. The molecule has 0 bridgehead atoms. The van der Waals surface area contributed by atoms with Crippen molar-refractivity contribution in [2.24, 2.45) is 0 Å². The van der Waals surface area contributed by atoms with Crippen molar-refractivity contribution in [1.82, 2.24) is 4.90 Å². The van der Waals surface area contributed by atoms with Gasteiger partial charge in [0.1, 0.15) is 11.4 Å². The molecule has 1 saturated heterocycles. The second kappa shape index (κ2) is 9.77. The van der Waals surface area contributed by atoms with Gasteiger partial charge in [-0.15, -0.1) is 0 Å².